The Balaban J connectivity index is 0.00000261. The van der Waals surface area contributed by atoms with Crippen LogP contribution >= 0.6 is 35.7 Å². The predicted molar refractivity (Wildman–Crippen MR) is 126 cm³/mol. The summed E-state index contributed by atoms with van der Waals surface area (Å²) in [5, 5.41) is 3.42. The maximum absolute atomic E-state index is 4.61. The van der Waals surface area contributed by atoms with Gasteiger partial charge in [-0.05, 0) is 36.1 Å². The number of guanidine groups is 1. The second-order valence-electron chi connectivity index (χ2n) is 6.13. The monoisotopic (exact) mass is 495 g/mol. The highest BCUT2D eigenvalue weighted by Gasteiger charge is 2.07. The molecule has 1 aromatic heterocycles. The third-order valence-corrected chi connectivity index (χ3v) is 4.98. The number of H-pyrrole nitrogens is 1. The smallest absolute Gasteiger partial charge is 0.193 e. The summed E-state index contributed by atoms with van der Waals surface area (Å²) in [4.78, 5) is 15.8. The number of aromatic nitrogens is 2. The molecule has 0 saturated heterocycles. The number of nitrogens with zero attached hydrogens (tertiary/aromatic N) is 3. The van der Waals surface area contributed by atoms with Crippen LogP contribution in [0.4, 0.5) is 0 Å². The van der Waals surface area contributed by atoms with Crippen LogP contribution in [0, 0.1) is 0 Å². The van der Waals surface area contributed by atoms with Gasteiger partial charge in [-0.1, -0.05) is 24.3 Å². The third kappa shape index (κ3) is 5.87. The molecule has 0 aliphatic heterocycles. The van der Waals surface area contributed by atoms with E-state index in [9.17, 15) is 0 Å². The minimum Gasteiger partial charge on any atom is -0.356 e. The van der Waals surface area contributed by atoms with Crippen LogP contribution < -0.4 is 5.32 Å². The van der Waals surface area contributed by atoms with Crippen LogP contribution in [0.5, 0.6) is 0 Å². The second-order valence-corrected chi connectivity index (χ2v) is 7.01. The number of rotatable bonds is 6. The Kier molecular flexibility index (Phi) is 8.43. The summed E-state index contributed by atoms with van der Waals surface area (Å²) >= 11 is 1.76. The van der Waals surface area contributed by atoms with Crippen molar-refractivity contribution < 1.29 is 0 Å². The molecule has 5 nitrogen and oxygen atoms in total. The van der Waals surface area contributed by atoms with Crippen LogP contribution in [0.2, 0.25) is 0 Å². The summed E-state index contributed by atoms with van der Waals surface area (Å²) in [6, 6.07) is 16.8. The minimum absolute atomic E-state index is 0. The molecule has 0 fully saturated rings. The highest BCUT2D eigenvalue weighted by molar-refractivity contribution is 14.0. The molecule has 3 rings (SSSR count). The molecule has 2 N–H and O–H groups in total. The van der Waals surface area contributed by atoms with Crippen molar-refractivity contribution in [2.75, 3.05) is 26.9 Å². The lowest BCUT2D eigenvalue weighted by Crippen LogP contribution is -2.39. The SMILES string of the molecule is CN=C(NCCc1nc2ccccc2[nH]1)N(C)Cc1ccc(SC)cc1.I. The highest BCUT2D eigenvalue weighted by Crippen LogP contribution is 2.15. The van der Waals surface area contributed by atoms with E-state index in [1.165, 1.54) is 10.5 Å². The number of hydrogen-bond acceptors (Lipinski definition) is 3. The summed E-state index contributed by atoms with van der Waals surface area (Å²) in [6.07, 6.45) is 2.92. The molecule has 7 heteroatoms. The Hall–Kier alpha value is -1.74. The molecule has 0 bridgehead atoms. The normalized spacial score (nSPS) is 11.3. The summed E-state index contributed by atoms with van der Waals surface area (Å²) in [5.41, 5.74) is 3.36. The number of benzene rings is 2. The topological polar surface area (TPSA) is 56.3 Å². The molecule has 0 aliphatic carbocycles. The number of imidazole rings is 1. The molecule has 0 atom stereocenters. The molecule has 0 amide bonds. The fraction of sp³-hybridized carbons (Fsp3) is 0.300. The van der Waals surface area contributed by atoms with Gasteiger partial charge in [0.1, 0.15) is 5.82 Å². The van der Waals surface area contributed by atoms with E-state index < -0.39 is 0 Å². The number of para-hydroxylation sites is 2. The van der Waals surface area contributed by atoms with Crippen LogP contribution in [0.3, 0.4) is 0 Å². The number of nitrogens with one attached hydrogen (secondary N) is 2. The third-order valence-electron chi connectivity index (χ3n) is 4.24. The standard InChI is InChI=1S/C20H25N5S.HI/c1-21-20(25(2)14-15-8-10-16(26-3)11-9-15)22-13-12-19-23-17-6-4-5-7-18(17)24-19;/h4-11H,12-14H2,1-3H3,(H,21,22)(H,23,24);1H. The predicted octanol–water partition coefficient (Wildman–Crippen LogP) is 4.15. The highest BCUT2D eigenvalue weighted by atomic mass is 127. The lowest BCUT2D eigenvalue weighted by Gasteiger charge is -2.22. The van der Waals surface area contributed by atoms with Gasteiger partial charge in [-0.15, -0.1) is 35.7 Å². The van der Waals surface area contributed by atoms with Crippen molar-refractivity contribution in [1.82, 2.24) is 20.2 Å². The van der Waals surface area contributed by atoms with E-state index in [2.05, 4.69) is 62.7 Å². The Bertz CT molecular complexity index is 842. The van der Waals surface area contributed by atoms with Crippen molar-refractivity contribution >= 4 is 52.7 Å². The zero-order valence-electron chi connectivity index (χ0n) is 15.9. The van der Waals surface area contributed by atoms with Gasteiger partial charge >= 0.3 is 0 Å². The zero-order valence-corrected chi connectivity index (χ0v) is 19.0. The van der Waals surface area contributed by atoms with Gasteiger partial charge in [0.25, 0.3) is 0 Å². The molecule has 27 heavy (non-hydrogen) atoms. The van der Waals surface area contributed by atoms with E-state index in [0.29, 0.717) is 0 Å². The molecule has 0 radical (unpaired) electrons. The number of aromatic amines is 1. The molecule has 144 valence electrons. The molecule has 0 spiro atoms. The average molecular weight is 495 g/mol. The molecule has 0 aliphatic rings. The van der Waals surface area contributed by atoms with Crippen LogP contribution in [0.1, 0.15) is 11.4 Å². The van der Waals surface area contributed by atoms with Crippen molar-refractivity contribution in [1.29, 1.82) is 0 Å². The van der Waals surface area contributed by atoms with E-state index in [1.54, 1.807) is 11.8 Å². The Morgan fingerprint density at radius 2 is 1.93 bits per heavy atom. The van der Waals surface area contributed by atoms with Crippen molar-refractivity contribution in [2.24, 2.45) is 4.99 Å². The van der Waals surface area contributed by atoms with E-state index in [1.807, 2.05) is 31.3 Å². The van der Waals surface area contributed by atoms with Crippen molar-refractivity contribution in [3.63, 3.8) is 0 Å². The Morgan fingerprint density at radius 1 is 1.19 bits per heavy atom. The van der Waals surface area contributed by atoms with Gasteiger partial charge in [-0.3, -0.25) is 4.99 Å². The Morgan fingerprint density at radius 3 is 2.59 bits per heavy atom. The van der Waals surface area contributed by atoms with Crippen LogP contribution in [-0.4, -0.2) is 47.7 Å². The molecular weight excluding hydrogens is 469 g/mol. The maximum atomic E-state index is 4.61. The summed E-state index contributed by atoms with van der Waals surface area (Å²) in [5.74, 6) is 1.87. The van der Waals surface area contributed by atoms with E-state index >= 15 is 0 Å². The van der Waals surface area contributed by atoms with E-state index in [4.69, 9.17) is 0 Å². The van der Waals surface area contributed by atoms with E-state index in [0.717, 1.165) is 42.3 Å². The Labute approximate surface area is 182 Å². The first-order valence-electron chi connectivity index (χ1n) is 8.68. The van der Waals surface area contributed by atoms with Crippen LogP contribution in [-0.2, 0) is 13.0 Å². The van der Waals surface area contributed by atoms with Crippen molar-refractivity contribution in [3.05, 3.63) is 59.9 Å². The van der Waals surface area contributed by atoms with Gasteiger partial charge in [0.2, 0.25) is 0 Å². The summed E-state index contributed by atoms with van der Waals surface area (Å²) in [7, 11) is 3.87. The lowest BCUT2D eigenvalue weighted by atomic mass is 10.2. The maximum Gasteiger partial charge on any atom is 0.193 e. The van der Waals surface area contributed by atoms with E-state index in [-0.39, 0.29) is 24.0 Å². The number of halogens is 1. The first-order valence-corrected chi connectivity index (χ1v) is 9.90. The van der Waals surface area contributed by atoms with Crippen LogP contribution in [0.25, 0.3) is 11.0 Å². The van der Waals surface area contributed by atoms with Crippen LogP contribution in [0.15, 0.2) is 58.4 Å². The van der Waals surface area contributed by atoms with Gasteiger partial charge in [0, 0.05) is 38.5 Å². The average Bonchev–Trinajstić information content (AvgIpc) is 3.08. The molecule has 3 aromatic rings. The van der Waals surface area contributed by atoms with Gasteiger partial charge < -0.3 is 15.2 Å². The molecule has 1 heterocycles. The van der Waals surface area contributed by atoms with Gasteiger partial charge in [-0.2, -0.15) is 0 Å². The number of fused-ring (bicyclic) bond motifs is 1. The first-order chi connectivity index (χ1) is 12.7. The van der Waals surface area contributed by atoms with Gasteiger partial charge in [-0.25, -0.2) is 4.98 Å². The lowest BCUT2D eigenvalue weighted by molar-refractivity contribution is 0.477. The molecular formula is C20H26IN5S. The minimum atomic E-state index is 0. The summed E-state index contributed by atoms with van der Waals surface area (Å²) < 4.78 is 0. The molecule has 2 aromatic carbocycles. The van der Waals surface area contributed by atoms with Crippen molar-refractivity contribution in [3.8, 4) is 0 Å². The fourth-order valence-corrected chi connectivity index (χ4v) is 3.29. The molecule has 0 saturated carbocycles. The van der Waals surface area contributed by atoms with Gasteiger partial charge in [0.05, 0.1) is 11.0 Å². The second kappa shape index (κ2) is 10.6. The summed E-state index contributed by atoms with van der Waals surface area (Å²) in [6.45, 7) is 1.60. The number of hydrogen-bond donors (Lipinski definition) is 2. The number of thioether (sulfide) groups is 1. The number of aliphatic imine (C=N–C) groups is 1. The van der Waals surface area contributed by atoms with Gasteiger partial charge in [0.15, 0.2) is 5.96 Å². The fourth-order valence-electron chi connectivity index (χ4n) is 2.88. The first kappa shape index (κ1) is 21.6. The molecule has 0 unspecified atom stereocenters. The van der Waals surface area contributed by atoms with Crippen molar-refractivity contribution in [2.45, 2.75) is 17.9 Å². The quantitative estimate of drug-likeness (QED) is 0.234. The largest absolute Gasteiger partial charge is 0.356 e. The zero-order chi connectivity index (χ0) is 18.4.